The largest absolute Gasteiger partial charge is 0.360 e. The maximum Gasteiger partial charge on any atom is 0.245 e. The number of benzene rings is 1. The SMILES string of the molecule is Cc1noc(C)c1S(=O)(=O)NCCSCc1ccccc1. The molecule has 0 fully saturated rings. The van der Waals surface area contributed by atoms with Gasteiger partial charge in [-0.1, -0.05) is 35.5 Å². The van der Waals surface area contributed by atoms with E-state index in [0.717, 1.165) is 5.75 Å². The number of sulfonamides is 1. The van der Waals surface area contributed by atoms with Gasteiger partial charge in [-0.25, -0.2) is 13.1 Å². The van der Waals surface area contributed by atoms with Crippen LogP contribution in [0, 0.1) is 13.8 Å². The summed E-state index contributed by atoms with van der Waals surface area (Å²) in [6.07, 6.45) is 0. The molecule has 2 rings (SSSR count). The Hall–Kier alpha value is -1.31. The van der Waals surface area contributed by atoms with E-state index in [-0.39, 0.29) is 4.90 Å². The number of nitrogens with zero attached hydrogens (tertiary/aromatic N) is 1. The van der Waals surface area contributed by atoms with E-state index in [1.165, 1.54) is 5.56 Å². The van der Waals surface area contributed by atoms with Crippen LogP contribution in [0.15, 0.2) is 39.8 Å². The first kappa shape index (κ1) is 16.1. The topological polar surface area (TPSA) is 72.2 Å². The Kier molecular flexibility index (Phi) is 5.44. The molecule has 0 aliphatic heterocycles. The number of aryl methyl sites for hydroxylation is 2. The minimum atomic E-state index is -3.54. The summed E-state index contributed by atoms with van der Waals surface area (Å²) in [6, 6.07) is 10.1. The number of aromatic nitrogens is 1. The second-order valence-corrected chi connectivity index (χ2v) is 7.40. The van der Waals surface area contributed by atoms with E-state index in [2.05, 4.69) is 22.0 Å². The minimum Gasteiger partial charge on any atom is -0.360 e. The van der Waals surface area contributed by atoms with E-state index in [1.807, 2.05) is 18.2 Å². The molecule has 1 N–H and O–H groups in total. The Morgan fingerprint density at radius 2 is 1.95 bits per heavy atom. The van der Waals surface area contributed by atoms with Gasteiger partial charge < -0.3 is 4.52 Å². The average molecular weight is 326 g/mol. The molecule has 114 valence electrons. The van der Waals surface area contributed by atoms with Gasteiger partial charge in [0, 0.05) is 18.1 Å². The number of hydrogen-bond donors (Lipinski definition) is 1. The predicted molar refractivity (Wildman–Crippen MR) is 83.8 cm³/mol. The van der Waals surface area contributed by atoms with E-state index < -0.39 is 10.0 Å². The third-order valence-corrected chi connectivity index (χ3v) is 5.62. The summed E-state index contributed by atoms with van der Waals surface area (Å²) in [6.45, 7) is 3.60. The van der Waals surface area contributed by atoms with Crippen LogP contribution >= 0.6 is 11.8 Å². The second-order valence-electron chi connectivity index (χ2n) is 4.59. The Labute approximate surface area is 129 Å². The summed E-state index contributed by atoms with van der Waals surface area (Å²) in [5.41, 5.74) is 1.62. The highest BCUT2D eigenvalue weighted by Gasteiger charge is 2.23. The molecule has 1 heterocycles. The smallest absolute Gasteiger partial charge is 0.245 e. The van der Waals surface area contributed by atoms with E-state index in [9.17, 15) is 8.42 Å². The van der Waals surface area contributed by atoms with Crippen LogP contribution in [0.25, 0.3) is 0 Å². The highest BCUT2D eigenvalue weighted by atomic mass is 32.2. The third kappa shape index (κ3) is 4.33. The number of nitrogens with one attached hydrogen (secondary N) is 1. The van der Waals surface area contributed by atoms with Crippen LogP contribution in [0.3, 0.4) is 0 Å². The number of thioether (sulfide) groups is 1. The van der Waals surface area contributed by atoms with Crippen molar-refractivity contribution in [2.24, 2.45) is 0 Å². The van der Waals surface area contributed by atoms with Gasteiger partial charge in [-0.15, -0.1) is 0 Å². The van der Waals surface area contributed by atoms with E-state index in [1.54, 1.807) is 25.6 Å². The molecule has 0 radical (unpaired) electrons. The van der Waals surface area contributed by atoms with Crippen molar-refractivity contribution in [1.82, 2.24) is 9.88 Å². The predicted octanol–water partition coefficient (Wildman–Crippen LogP) is 2.50. The molecule has 0 unspecified atom stereocenters. The van der Waals surface area contributed by atoms with Crippen molar-refractivity contribution in [2.75, 3.05) is 12.3 Å². The molecule has 0 amide bonds. The summed E-state index contributed by atoms with van der Waals surface area (Å²) < 4.78 is 31.8. The van der Waals surface area contributed by atoms with Crippen molar-refractivity contribution in [3.8, 4) is 0 Å². The zero-order valence-electron chi connectivity index (χ0n) is 12.0. The monoisotopic (exact) mass is 326 g/mol. The summed E-state index contributed by atoms with van der Waals surface area (Å²) in [7, 11) is -3.54. The molecule has 0 aliphatic carbocycles. The molecule has 21 heavy (non-hydrogen) atoms. The van der Waals surface area contributed by atoms with Crippen molar-refractivity contribution in [2.45, 2.75) is 24.5 Å². The Balaban J connectivity index is 1.81. The molecule has 0 saturated carbocycles. The zero-order chi connectivity index (χ0) is 15.3. The molecule has 1 aromatic carbocycles. The van der Waals surface area contributed by atoms with Crippen LogP contribution in [0.1, 0.15) is 17.0 Å². The van der Waals surface area contributed by atoms with Crippen molar-refractivity contribution in [1.29, 1.82) is 0 Å². The van der Waals surface area contributed by atoms with Crippen LogP contribution < -0.4 is 4.72 Å². The van der Waals surface area contributed by atoms with E-state index in [4.69, 9.17) is 4.52 Å². The van der Waals surface area contributed by atoms with Crippen molar-refractivity contribution in [3.63, 3.8) is 0 Å². The lowest BCUT2D eigenvalue weighted by Crippen LogP contribution is -2.26. The summed E-state index contributed by atoms with van der Waals surface area (Å²) in [5.74, 6) is 1.89. The van der Waals surface area contributed by atoms with Gasteiger partial charge in [-0.3, -0.25) is 0 Å². The third-order valence-electron chi connectivity index (χ3n) is 2.89. The summed E-state index contributed by atoms with van der Waals surface area (Å²) in [4.78, 5) is 0.149. The Morgan fingerprint density at radius 3 is 2.57 bits per heavy atom. The van der Waals surface area contributed by atoms with Crippen LogP contribution in [-0.2, 0) is 15.8 Å². The molecule has 0 bridgehead atoms. The maximum atomic E-state index is 12.1. The lowest BCUT2D eigenvalue weighted by atomic mass is 10.2. The molecule has 2 aromatic rings. The fourth-order valence-corrected chi connectivity index (χ4v) is 4.25. The fourth-order valence-electron chi connectivity index (χ4n) is 1.94. The van der Waals surface area contributed by atoms with E-state index >= 15 is 0 Å². The van der Waals surface area contributed by atoms with Crippen LogP contribution in [0.2, 0.25) is 0 Å². The molecule has 5 nitrogen and oxygen atoms in total. The van der Waals surface area contributed by atoms with E-state index in [0.29, 0.717) is 23.8 Å². The van der Waals surface area contributed by atoms with Crippen LogP contribution in [0.4, 0.5) is 0 Å². The van der Waals surface area contributed by atoms with Crippen LogP contribution in [-0.4, -0.2) is 25.9 Å². The highest BCUT2D eigenvalue weighted by Crippen LogP contribution is 2.18. The van der Waals surface area contributed by atoms with Gasteiger partial charge in [0.05, 0.1) is 0 Å². The van der Waals surface area contributed by atoms with Crippen molar-refractivity contribution >= 4 is 21.8 Å². The van der Waals surface area contributed by atoms with Gasteiger partial charge >= 0.3 is 0 Å². The maximum absolute atomic E-state index is 12.1. The summed E-state index contributed by atoms with van der Waals surface area (Å²) in [5, 5.41) is 3.67. The quantitative estimate of drug-likeness (QED) is 0.792. The minimum absolute atomic E-state index is 0.149. The second kappa shape index (κ2) is 7.11. The lowest BCUT2D eigenvalue weighted by molar-refractivity contribution is 0.390. The Bertz CT molecular complexity index is 662. The van der Waals surface area contributed by atoms with Gasteiger partial charge in [0.1, 0.15) is 10.6 Å². The summed E-state index contributed by atoms with van der Waals surface area (Å²) >= 11 is 1.69. The van der Waals surface area contributed by atoms with Crippen molar-refractivity contribution in [3.05, 3.63) is 47.3 Å². The first-order valence-corrected chi connectivity index (χ1v) is 9.18. The molecule has 0 aliphatic rings. The van der Waals surface area contributed by atoms with Gasteiger partial charge in [0.15, 0.2) is 5.76 Å². The van der Waals surface area contributed by atoms with Gasteiger partial charge in [-0.2, -0.15) is 11.8 Å². The molecule has 7 heteroatoms. The number of rotatable bonds is 7. The van der Waals surface area contributed by atoms with Crippen molar-refractivity contribution < 1.29 is 12.9 Å². The lowest BCUT2D eigenvalue weighted by Gasteiger charge is -2.06. The molecular weight excluding hydrogens is 308 g/mol. The van der Waals surface area contributed by atoms with Gasteiger partial charge in [-0.05, 0) is 19.4 Å². The standard InChI is InChI=1S/C14H18N2O3S2/c1-11-14(12(2)19-16-11)21(17,18)15-8-9-20-10-13-6-4-3-5-7-13/h3-7,15H,8-10H2,1-2H3. The van der Waals surface area contributed by atoms with Crippen LogP contribution in [0.5, 0.6) is 0 Å². The average Bonchev–Trinajstić information content (AvgIpc) is 2.79. The highest BCUT2D eigenvalue weighted by molar-refractivity contribution is 7.98. The molecule has 0 saturated heterocycles. The fraction of sp³-hybridized carbons (Fsp3) is 0.357. The Morgan fingerprint density at radius 1 is 1.24 bits per heavy atom. The molecular formula is C14H18N2O3S2. The number of hydrogen-bond acceptors (Lipinski definition) is 5. The zero-order valence-corrected chi connectivity index (χ0v) is 13.6. The van der Waals surface area contributed by atoms with Gasteiger partial charge in [0.25, 0.3) is 0 Å². The normalized spacial score (nSPS) is 11.7. The molecule has 0 spiro atoms. The molecule has 1 aromatic heterocycles. The van der Waals surface area contributed by atoms with Gasteiger partial charge in [0.2, 0.25) is 10.0 Å². The molecule has 0 atom stereocenters. The first-order valence-electron chi connectivity index (χ1n) is 6.55. The first-order chi connectivity index (χ1) is 10.0.